The van der Waals surface area contributed by atoms with Crippen LogP contribution in [-0.4, -0.2) is 5.91 Å². The largest absolute Gasteiger partial charge is 0.347 e. The Kier molecular flexibility index (Phi) is 4.97. The van der Waals surface area contributed by atoms with E-state index >= 15 is 0 Å². The van der Waals surface area contributed by atoms with Crippen molar-refractivity contribution < 1.29 is 4.79 Å². The summed E-state index contributed by atoms with van der Waals surface area (Å²) in [5.74, 6) is -0.0403. The van der Waals surface area contributed by atoms with Gasteiger partial charge < -0.3 is 5.32 Å². The summed E-state index contributed by atoms with van der Waals surface area (Å²) in [5.41, 5.74) is 2.33. The number of alkyl halides is 1. The van der Waals surface area contributed by atoms with Gasteiger partial charge in [0.05, 0.1) is 0 Å². The molecule has 0 aliphatic heterocycles. The highest BCUT2D eigenvalue weighted by Crippen LogP contribution is 2.22. The number of halogens is 2. The van der Waals surface area contributed by atoms with Gasteiger partial charge in [0.1, 0.15) is 4.88 Å². The smallest absolute Gasteiger partial charge is 0.262 e. The van der Waals surface area contributed by atoms with Gasteiger partial charge in [-0.15, -0.1) is 11.3 Å². The van der Waals surface area contributed by atoms with Crippen molar-refractivity contribution in [1.82, 2.24) is 5.32 Å². The quantitative estimate of drug-likeness (QED) is 0.775. The first-order valence-corrected chi connectivity index (χ1v) is 8.15. The van der Waals surface area contributed by atoms with Crippen molar-refractivity contribution in [3.63, 3.8) is 0 Å². The molecular formula is C13H11Br2NOS. The van der Waals surface area contributed by atoms with Crippen LogP contribution in [0.5, 0.6) is 0 Å². The third kappa shape index (κ3) is 3.43. The second-order valence-electron chi connectivity index (χ2n) is 3.73. The van der Waals surface area contributed by atoms with Crippen molar-refractivity contribution in [3.05, 3.63) is 56.2 Å². The normalized spacial score (nSPS) is 10.3. The molecule has 94 valence electrons. The second-order valence-corrected chi connectivity index (χ2v) is 6.06. The highest BCUT2D eigenvalue weighted by molar-refractivity contribution is 9.10. The van der Waals surface area contributed by atoms with E-state index in [2.05, 4.69) is 49.3 Å². The Morgan fingerprint density at radius 1 is 1.17 bits per heavy atom. The summed E-state index contributed by atoms with van der Waals surface area (Å²) in [6.07, 6.45) is 0. The number of rotatable bonds is 4. The van der Waals surface area contributed by atoms with Crippen LogP contribution in [0, 0.1) is 0 Å². The Balaban J connectivity index is 1.95. The third-order valence-corrected chi connectivity index (χ3v) is 4.94. The molecule has 5 heteroatoms. The minimum atomic E-state index is -0.0403. The molecule has 0 saturated carbocycles. The van der Waals surface area contributed by atoms with Crippen LogP contribution in [0.25, 0.3) is 0 Å². The Hall–Kier alpha value is -0.650. The second kappa shape index (κ2) is 6.50. The lowest BCUT2D eigenvalue weighted by Gasteiger charge is -2.05. The highest BCUT2D eigenvalue weighted by atomic mass is 79.9. The van der Waals surface area contributed by atoms with Gasteiger partial charge in [-0.1, -0.05) is 40.2 Å². The van der Waals surface area contributed by atoms with Gasteiger partial charge in [0, 0.05) is 16.3 Å². The van der Waals surface area contributed by atoms with Crippen LogP contribution in [0.15, 0.2) is 40.2 Å². The van der Waals surface area contributed by atoms with E-state index in [-0.39, 0.29) is 5.91 Å². The van der Waals surface area contributed by atoms with E-state index in [4.69, 9.17) is 0 Å². The highest BCUT2D eigenvalue weighted by Gasteiger charge is 2.10. The molecule has 2 rings (SSSR count). The minimum Gasteiger partial charge on any atom is -0.347 e. The molecule has 0 fully saturated rings. The predicted molar refractivity (Wildman–Crippen MR) is 82.3 cm³/mol. The van der Waals surface area contributed by atoms with E-state index < -0.39 is 0 Å². The first-order valence-electron chi connectivity index (χ1n) is 5.35. The molecular weight excluding hydrogens is 378 g/mol. The summed E-state index contributed by atoms with van der Waals surface area (Å²) in [6, 6.07) is 10.0. The molecule has 2 aromatic rings. The van der Waals surface area contributed by atoms with Crippen molar-refractivity contribution in [2.24, 2.45) is 0 Å². The van der Waals surface area contributed by atoms with E-state index in [1.165, 1.54) is 16.9 Å². The fourth-order valence-corrected chi connectivity index (χ4v) is 3.31. The van der Waals surface area contributed by atoms with Gasteiger partial charge in [0.15, 0.2) is 0 Å². The van der Waals surface area contributed by atoms with Crippen LogP contribution in [0.4, 0.5) is 0 Å². The summed E-state index contributed by atoms with van der Waals surface area (Å²) >= 11 is 8.19. The molecule has 0 unspecified atom stereocenters. The first kappa shape index (κ1) is 13.8. The monoisotopic (exact) mass is 387 g/mol. The molecule has 0 radical (unpaired) electrons. The van der Waals surface area contributed by atoms with Crippen molar-refractivity contribution >= 4 is 49.1 Å². The van der Waals surface area contributed by atoms with E-state index in [1.54, 1.807) is 0 Å². The maximum atomic E-state index is 11.9. The SMILES string of the molecule is O=C(NCc1ccc(CBr)cc1)c1sccc1Br. The Morgan fingerprint density at radius 3 is 2.39 bits per heavy atom. The maximum Gasteiger partial charge on any atom is 0.262 e. The average Bonchev–Trinajstić information content (AvgIpc) is 2.83. The van der Waals surface area contributed by atoms with Crippen LogP contribution in [0.2, 0.25) is 0 Å². The van der Waals surface area contributed by atoms with Gasteiger partial charge in [0.25, 0.3) is 5.91 Å². The van der Waals surface area contributed by atoms with Crippen molar-refractivity contribution in [2.75, 3.05) is 0 Å². The number of carbonyl (C=O) groups is 1. The molecule has 0 spiro atoms. The minimum absolute atomic E-state index is 0.0403. The number of nitrogens with one attached hydrogen (secondary N) is 1. The summed E-state index contributed by atoms with van der Waals surface area (Å²) in [4.78, 5) is 12.6. The maximum absolute atomic E-state index is 11.9. The van der Waals surface area contributed by atoms with Crippen molar-refractivity contribution in [1.29, 1.82) is 0 Å². The molecule has 1 aromatic heterocycles. The zero-order valence-electron chi connectivity index (χ0n) is 9.45. The molecule has 1 N–H and O–H groups in total. The van der Waals surface area contributed by atoms with E-state index in [1.807, 2.05) is 23.6 Å². The lowest BCUT2D eigenvalue weighted by molar-refractivity contribution is 0.0954. The van der Waals surface area contributed by atoms with E-state index in [0.29, 0.717) is 11.4 Å². The molecule has 18 heavy (non-hydrogen) atoms. The summed E-state index contributed by atoms with van der Waals surface area (Å²) in [6.45, 7) is 0.547. The van der Waals surface area contributed by atoms with Crippen molar-refractivity contribution in [2.45, 2.75) is 11.9 Å². The van der Waals surface area contributed by atoms with Crippen molar-refractivity contribution in [3.8, 4) is 0 Å². The van der Waals surface area contributed by atoms with Gasteiger partial charge in [0.2, 0.25) is 0 Å². The Morgan fingerprint density at radius 2 is 1.83 bits per heavy atom. The lowest BCUT2D eigenvalue weighted by Crippen LogP contribution is -2.22. The number of carbonyl (C=O) groups excluding carboxylic acids is 1. The zero-order chi connectivity index (χ0) is 13.0. The Labute approximate surface area is 127 Å². The molecule has 0 aliphatic carbocycles. The molecule has 0 saturated heterocycles. The van der Waals surface area contributed by atoms with E-state index in [0.717, 1.165) is 15.4 Å². The lowest BCUT2D eigenvalue weighted by atomic mass is 10.1. The summed E-state index contributed by atoms with van der Waals surface area (Å²) < 4.78 is 0.847. The van der Waals surface area contributed by atoms with Gasteiger partial charge in [-0.2, -0.15) is 0 Å². The number of benzene rings is 1. The molecule has 0 aliphatic rings. The molecule has 1 aromatic carbocycles. The molecule has 2 nitrogen and oxygen atoms in total. The molecule has 0 atom stereocenters. The van der Waals surface area contributed by atoms with Crippen LogP contribution < -0.4 is 5.32 Å². The van der Waals surface area contributed by atoms with Crippen LogP contribution in [0.3, 0.4) is 0 Å². The van der Waals surface area contributed by atoms with Crippen LogP contribution >= 0.6 is 43.2 Å². The van der Waals surface area contributed by atoms with Crippen LogP contribution in [-0.2, 0) is 11.9 Å². The fraction of sp³-hybridized carbons (Fsp3) is 0.154. The number of amides is 1. The zero-order valence-corrected chi connectivity index (χ0v) is 13.4. The summed E-state index contributed by atoms with van der Waals surface area (Å²) in [5, 5.41) is 5.65. The topological polar surface area (TPSA) is 29.1 Å². The van der Waals surface area contributed by atoms with Gasteiger partial charge in [-0.05, 0) is 38.5 Å². The first-order chi connectivity index (χ1) is 8.70. The number of hydrogen-bond donors (Lipinski definition) is 1. The predicted octanol–water partition coefficient (Wildman–Crippen LogP) is 4.34. The van der Waals surface area contributed by atoms with Gasteiger partial charge in [-0.3, -0.25) is 4.79 Å². The van der Waals surface area contributed by atoms with Crippen LogP contribution in [0.1, 0.15) is 20.8 Å². The fourth-order valence-electron chi connectivity index (χ4n) is 1.46. The van der Waals surface area contributed by atoms with E-state index in [9.17, 15) is 4.79 Å². The van der Waals surface area contributed by atoms with Gasteiger partial charge in [-0.25, -0.2) is 0 Å². The average molecular weight is 389 g/mol. The molecule has 1 heterocycles. The third-order valence-electron chi connectivity index (χ3n) is 2.45. The van der Waals surface area contributed by atoms with Gasteiger partial charge >= 0.3 is 0 Å². The Bertz CT molecular complexity index is 536. The molecule has 0 bridgehead atoms. The summed E-state index contributed by atoms with van der Waals surface area (Å²) in [7, 11) is 0. The number of thiophene rings is 1. The number of hydrogen-bond acceptors (Lipinski definition) is 2. The molecule has 1 amide bonds. The standard InChI is InChI=1S/C13H11Br2NOS/c14-7-9-1-3-10(4-2-9)8-16-13(17)12-11(15)5-6-18-12/h1-6H,7-8H2,(H,16,17).